The molecule has 1 unspecified atom stereocenters. The highest BCUT2D eigenvalue weighted by Gasteiger charge is 2.27. The van der Waals surface area contributed by atoms with Crippen LogP contribution >= 0.6 is 0 Å². The first kappa shape index (κ1) is 24.9. The molecule has 1 saturated heterocycles. The highest BCUT2D eigenvalue weighted by Crippen LogP contribution is 2.28. The molecular weight excluding hydrogens is 458 g/mol. The molecule has 0 radical (unpaired) electrons. The summed E-state index contributed by atoms with van der Waals surface area (Å²) < 4.78 is 7.50. The molecule has 5 heteroatoms. The van der Waals surface area contributed by atoms with E-state index in [1.54, 1.807) is 7.11 Å². The van der Waals surface area contributed by atoms with Gasteiger partial charge < -0.3 is 19.1 Å². The van der Waals surface area contributed by atoms with E-state index in [1.165, 1.54) is 11.3 Å². The van der Waals surface area contributed by atoms with E-state index in [0.29, 0.717) is 19.0 Å². The maximum absolute atomic E-state index is 14.0. The molecule has 1 aliphatic rings. The number of methoxy groups -OCH3 is 1. The van der Waals surface area contributed by atoms with Gasteiger partial charge in [0, 0.05) is 49.3 Å². The van der Waals surface area contributed by atoms with E-state index in [2.05, 4.69) is 77.9 Å². The fraction of sp³-hybridized carbons (Fsp3) is 0.344. The Morgan fingerprint density at radius 3 is 2.54 bits per heavy atom. The van der Waals surface area contributed by atoms with Crippen molar-refractivity contribution in [1.82, 2.24) is 9.47 Å². The number of benzene rings is 3. The second-order valence-electron chi connectivity index (χ2n) is 10.1. The van der Waals surface area contributed by atoms with Gasteiger partial charge in [-0.05, 0) is 74.1 Å². The van der Waals surface area contributed by atoms with Gasteiger partial charge >= 0.3 is 0 Å². The summed E-state index contributed by atoms with van der Waals surface area (Å²) in [5.41, 5.74) is 5.61. The minimum atomic E-state index is 0.111. The highest BCUT2D eigenvalue weighted by molar-refractivity contribution is 5.98. The van der Waals surface area contributed by atoms with Gasteiger partial charge in [0.2, 0.25) is 0 Å². The molecule has 0 bridgehead atoms. The predicted octanol–water partition coefficient (Wildman–Crippen LogP) is 6.39. The van der Waals surface area contributed by atoms with Gasteiger partial charge in [0.1, 0.15) is 11.4 Å². The Hall–Kier alpha value is -3.73. The van der Waals surface area contributed by atoms with E-state index >= 15 is 0 Å². The van der Waals surface area contributed by atoms with Crippen LogP contribution in [0.15, 0.2) is 78.9 Å². The van der Waals surface area contributed by atoms with Crippen molar-refractivity contribution in [2.24, 2.45) is 5.92 Å². The number of fused-ring (bicyclic) bond motifs is 1. The van der Waals surface area contributed by atoms with Crippen molar-refractivity contribution >= 4 is 22.5 Å². The van der Waals surface area contributed by atoms with Gasteiger partial charge in [0.15, 0.2) is 0 Å². The predicted molar refractivity (Wildman–Crippen MR) is 152 cm³/mol. The Morgan fingerprint density at radius 2 is 1.78 bits per heavy atom. The summed E-state index contributed by atoms with van der Waals surface area (Å²) in [6.45, 7) is 8.46. The molecule has 0 spiro atoms. The van der Waals surface area contributed by atoms with E-state index in [-0.39, 0.29) is 5.91 Å². The third-order valence-electron chi connectivity index (χ3n) is 7.65. The summed E-state index contributed by atoms with van der Waals surface area (Å²) in [6, 6.07) is 27.1. The van der Waals surface area contributed by atoms with E-state index in [1.807, 2.05) is 29.2 Å². The molecule has 0 saturated carbocycles. The van der Waals surface area contributed by atoms with Crippen molar-refractivity contribution in [3.63, 3.8) is 0 Å². The van der Waals surface area contributed by atoms with Gasteiger partial charge in [0.25, 0.3) is 5.91 Å². The fourth-order valence-corrected chi connectivity index (χ4v) is 5.65. The maximum atomic E-state index is 14.0. The second-order valence-corrected chi connectivity index (χ2v) is 10.1. The van der Waals surface area contributed by atoms with E-state index in [0.717, 1.165) is 60.4 Å². The second kappa shape index (κ2) is 11.1. The van der Waals surface area contributed by atoms with Crippen molar-refractivity contribution < 1.29 is 9.53 Å². The van der Waals surface area contributed by atoms with Gasteiger partial charge in [-0.3, -0.25) is 4.79 Å². The zero-order valence-electron chi connectivity index (χ0n) is 22.2. The largest absolute Gasteiger partial charge is 0.497 e. The number of aromatic nitrogens is 1. The lowest BCUT2D eigenvalue weighted by atomic mass is 9.96. The molecule has 1 amide bonds. The van der Waals surface area contributed by atoms with Crippen LogP contribution in [0.3, 0.4) is 0 Å². The third kappa shape index (κ3) is 5.36. The summed E-state index contributed by atoms with van der Waals surface area (Å²) in [6.07, 6.45) is 2.31. The van der Waals surface area contributed by atoms with Crippen molar-refractivity contribution in [3.05, 3.63) is 95.7 Å². The number of piperidine rings is 1. The Labute approximate surface area is 220 Å². The average Bonchev–Trinajstić information content (AvgIpc) is 3.30. The zero-order chi connectivity index (χ0) is 25.8. The van der Waals surface area contributed by atoms with Crippen molar-refractivity contribution in [2.75, 3.05) is 38.2 Å². The van der Waals surface area contributed by atoms with Gasteiger partial charge in [-0.2, -0.15) is 0 Å². The van der Waals surface area contributed by atoms with E-state index < -0.39 is 0 Å². The molecular formula is C32H37N3O2. The molecule has 1 fully saturated rings. The average molecular weight is 496 g/mol. The van der Waals surface area contributed by atoms with Crippen LogP contribution in [0, 0.1) is 12.8 Å². The number of nitrogens with zero attached hydrogens (tertiary/aromatic N) is 3. The number of ether oxygens (including phenoxy) is 1. The Balaban J connectivity index is 1.38. The van der Waals surface area contributed by atoms with E-state index in [4.69, 9.17) is 4.74 Å². The van der Waals surface area contributed by atoms with Crippen molar-refractivity contribution in [2.45, 2.75) is 33.2 Å². The normalized spacial score (nSPS) is 15.6. The molecule has 1 aromatic heterocycles. The Morgan fingerprint density at radius 1 is 1.03 bits per heavy atom. The maximum Gasteiger partial charge on any atom is 0.270 e. The van der Waals surface area contributed by atoms with Crippen LogP contribution in [0.4, 0.5) is 5.69 Å². The zero-order valence-corrected chi connectivity index (χ0v) is 22.2. The Kier molecular flexibility index (Phi) is 7.50. The number of amides is 1. The van der Waals surface area contributed by atoms with Gasteiger partial charge in [0.05, 0.1) is 7.11 Å². The monoisotopic (exact) mass is 495 g/mol. The molecule has 5 rings (SSSR count). The summed E-state index contributed by atoms with van der Waals surface area (Å²) in [5.74, 6) is 1.40. The number of hydrogen-bond acceptors (Lipinski definition) is 3. The lowest BCUT2D eigenvalue weighted by Crippen LogP contribution is -2.43. The van der Waals surface area contributed by atoms with Gasteiger partial charge in [-0.15, -0.1) is 0 Å². The molecule has 37 heavy (non-hydrogen) atoms. The number of rotatable bonds is 8. The van der Waals surface area contributed by atoms with Crippen LogP contribution in [-0.2, 0) is 6.54 Å². The quantitative estimate of drug-likeness (QED) is 0.284. The number of carbonyl (C=O) groups is 1. The third-order valence-corrected chi connectivity index (χ3v) is 7.65. The van der Waals surface area contributed by atoms with Gasteiger partial charge in [-0.25, -0.2) is 0 Å². The smallest absolute Gasteiger partial charge is 0.270 e. The first-order chi connectivity index (χ1) is 18.1. The summed E-state index contributed by atoms with van der Waals surface area (Å²) in [7, 11) is 1.68. The van der Waals surface area contributed by atoms with E-state index in [9.17, 15) is 4.79 Å². The molecule has 4 aromatic rings. The molecule has 5 nitrogen and oxygen atoms in total. The molecule has 1 aliphatic heterocycles. The fourth-order valence-electron chi connectivity index (χ4n) is 5.65. The SMILES string of the molecule is CCN(CC1CCCN(c2ccccc2C)C1)C(=O)c1cc2ccccc2n1Cc1ccc(OC)cc1. The van der Waals surface area contributed by atoms with Crippen LogP contribution < -0.4 is 9.64 Å². The topological polar surface area (TPSA) is 37.7 Å². The number of carbonyl (C=O) groups excluding carboxylic acids is 1. The molecule has 0 aliphatic carbocycles. The molecule has 2 heterocycles. The molecule has 192 valence electrons. The van der Waals surface area contributed by atoms with Crippen LogP contribution in [0.2, 0.25) is 0 Å². The lowest BCUT2D eigenvalue weighted by molar-refractivity contribution is 0.0722. The molecule has 3 aromatic carbocycles. The van der Waals surface area contributed by atoms with Crippen LogP contribution in [-0.4, -0.2) is 48.7 Å². The number of para-hydroxylation sites is 2. The highest BCUT2D eigenvalue weighted by atomic mass is 16.5. The molecule has 0 N–H and O–H groups in total. The number of aryl methyl sites for hydroxylation is 1. The lowest BCUT2D eigenvalue weighted by Gasteiger charge is -2.37. The Bertz CT molecular complexity index is 1360. The van der Waals surface area contributed by atoms with Gasteiger partial charge in [-0.1, -0.05) is 48.5 Å². The van der Waals surface area contributed by atoms with Crippen molar-refractivity contribution in [3.8, 4) is 5.75 Å². The standard InChI is InChI=1S/C32H37N3O2/c1-4-33(21-26-11-9-19-34(22-26)29-13-7-5-10-24(29)2)32(36)31-20-27-12-6-8-14-30(27)35(31)23-25-15-17-28(37-3)18-16-25/h5-8,10,12-18,20,26H,4,9,11,19,21-23H2,1-3H3. The van der Waals surface area contributed by atoms with Crippen LogP contribution in [0.1, 0.15) is 41.4 Å². The minimum Gasteiger partial charge on any atom is -0.497 e. The summed E-state index contributed by atoms with van der Waals surface area (Å²) >= 11 is 0. The molecule has 1 atom stereocenters. The number of anilines is 1. The summed E-state index contributed by atoms with van der Waals surface area (Å²) in [5, 5.41) is 1.10. The van der Waals surface area contributed by atoms with Crippen molar-refractivity contribution in [1.29, 1.82) is 0 Å². The van der Waals surface area contributed by atoms with Crippen LogP contribution in [0.25, 0.3) is 10.9 Å². The minimum absolute atomic E-state index is 0.111. The first-order valence-corrected chi connectivity index (χ1v) is 13.4. The first-order valence-electron chi connectivity index (χ1n) is 13.4. The number of hydrogen-bond donors (Lipinski definition) is 0. The van der Waals surface area contributed by atoms with Crippen LogP contribution in [0.5, 0.6) is 5.75 Å². The summed E-state index contributed by atoms with van der Waals surface area (Å²) in [4.78, 5) is 18.6.